The molecule has 0 aliphatic rings. The molecule has 1 atom stereocenters. The average Bonchev–Trinajstić information content (AvgIpc) is 2.91. The molecule has 1 aromatic heterocycles. The topological polar surface area (TPSA) is 42.0 Å². The van der Waals surface area contributed by atoms with Gasteiger partial charge in [-0.1, -0.05) is 37.5 Å². The predicted molar refractivity (Wildman–Crippen MR) is 84.9 cm³/mol. The van der Waals surface area contributed by atoms with Crippen LogP contribution in [0.2, 0.25) is 0 Å². The molecule has 2 rings (SSSR count). The van der Waals surface area contributed by atoms with Crippen molar-refractivity contribution in [2.24, 2.45) is 0 Å². The van der Waals surface area contributed by atoms with Gasteiger partial charge in [-0.15, -0.1) is 11.3 Å². The molecule has 4 heteroatoms. The van der Waals surface area contributed by atoms with Gasteiger partial charge in [-0.3, -0.25) is 0 Å². The molecule has 0 aliphatic heterocycles. The SMILES string of the molecule is CCCCC(C=O)c1csc(Nc2ccc(C)cc2)n1. The number of nitrogens with zero attached hydrogens (tertiary/aromatic N) is 1. The Labute approximate surface area is 124 Å². The maximum atomic E-state index is 11.2. The molecule has 2 aromatic rings. The Bertz CT molecular complexity index is 548. The van der Waals surface area contributed by atoms with Crippen molar-refractivity contribution >= 4 is 28.4 Å². The van der Waals surface area contributed by atoms with Gasteiger partial charge in [0.1, 0.15) is 6.29 Å². The first-order chi connectivity index (χ1) is 9.72. The van der Waals surface area contributed by atoms with Crippen molar-refractivity contribution in [3.8, 4) is 0 Å². The first-order valence-electron chi connectivity index (χ1n) is 6.97. The van der Waals surface area contributed by atoms with Crippen molar-refractivity contribution in [3.63, 3.8) is 0 Å². The Kier molecular flexibility index (Phi) is 5.30. The summed E-state index contributed by atoms with van der Waals surface area (Å²) in [6.07, 6.45) is 4.05. The fraction of sp³-hybridized carbons (Fsp3) is 0.375. The van der Waals surface area contributed by atoms with Gasteiger partial charge in [0.25, 0.3) is 0 Å². The van der Waals surface area contributed by atoms with Crippen LogP contribution in [0.15, 0.2) is 29.6 Å². The van der Waals surface area contributed by atoms with Crippen molar-refractivity contribution < 1.29 is 4.79 Å². The summed E-state index contributed by atoms with van der Waals surface area (Å²) in [5.41, 5.74) is 3.14. The second-order valence-electron chi connectivity index (χ2n) is 4.95. The van der Waals surface area contributed by atoms with Crippen molar-refractivity contribution in [2.45, 2.75) is 39.0 Å². The van der Waals surface area contributed by atoms with Crippen LogP contribution < -0.4 is 5.32 Å². The number of unbranched alkanes of at least 4 members (excludes halogenated alkanes) is 1. The quantitative estimate of drug-likeness (QED) is 0.753. The minimum atomic E-state index is -0.0697. The first kappa shape index (κ1) is 14.7. The molecular formula is C16H20N2OS. The zero-order chi connectivity index (χ0) is 14.4. The molecule has 0 amide bonds. The van der Waals surface area contributed by atoms with Crippen LogP contribution >= 0.6 is 11.3 Å². The molecule has 106 valence electrons. The van der Waals surface area contributed by atoms with E-state index >= 15 is 0 Å². The van der Waals surface area contributed by atoms with Crippen LogP contribution in [0.5, 0.6) is 0 Å². The van der Waals surface area contributed by atoms with Gasteiger partial charge in [-0.25, -0.2) is 4.98 Å². The summed E-state index contributed by atoms with van der Waals surface area (Å²) in [6.45, 7) is 4.20. The van der Waals surface area contributed by atoms with Gasteiger partial charge in [0.05, 0.1) is 11.6 Å². The van der Waals surface area contributed by atoms with Crippen LogP contribution in [0.25, 0.3) is 0 Å². The number of aromatic nitrogens is 1. The minimum absolute atomic E-state index is 0.0697. The van der Waals surface area contributed by atoms with Crippen LogP contribution in [-0.2, 0) is 4.79 Å². The lowest BCUT2D eigenvalue weighted by molar-refractivity contribution is -0.109. The number of aryl methyl sites for hydroxylation is 1. The third kappa shape index (κ3) is 3.90. The second kappa shape index (κ2) is 7.20. The van der Waals surface area contributed by atoms with Crippen LogP contribution in [0.3, 0.4) is 0 Å². The lowest BCUT2D eigenvalue weighted by Gasteiger charge is -2.06. The van der Waals surface area contributed by atoms with Gasteiger partial charge in [0.2, 0.25) is 0 Å². The fourth-order valence-electron chi connectivity index (χ4n) is 1.98. The summed E-state index contributed by atoms with van der Waals surface area (Å²) in [5.74, 6) is -0.0697. The largest absolute Gasteiger partial charge is 0.332 e. The van der Waals surface area contributed by atoms with E-state index in [0.717, 1.165) is 42.1 Å². The maximum Gasteiger partial charge on any atom is 0.187 e. The number of hydrogen-bond acceptors (Lipinski definition) is 4. The molecule has 1 N–H and O–H groups in total. The number of aldehydes is 1. The zero-order valence-corrected chi connectivity index (χ0v) is 12.7. The zero-order valence-electron chi connectivity index (χ0n) is 11.9. The monoisotopic (exact) mass is 288 g/mol. The van der Waals surface area contributed by atoms with E-state index in [0.29, 0.717) is 0 Å². The van der Waals surface area contributed by atoms with E-state index in [1.54, 1.807) is 11.3 Å². The van der Waals surface area contributed by atoms with Crippen LogP contribution in [0, 0.1) is 6.92 Å². The number of anilines is 2. The fourth-order valence-corrected chi connectivity index (χ4v) is 2.78. The van der Waals surface area contributed by atoms with E-state index in [1.165, 1.54) is 5.56 Å². The second-order valence-corrected chi connectivity index (χ2v) is 5.81. The van der Waals surface area contributed by atoms with Crippen molar-refractivity contribution in [3.05, 3.63) is 40.9 Å². The van der Waals surface area contributed by atoms with E-state index in [4.69, 9.17) is 0 Å². The van der Waals surface area contributed by atoms with E-state index < -0.39 is 0 Å². The van der Waals surface area contributed by atoms with Crippen molar-refractivity contribution in [2.75, 3.05) is 5.32 Å². The molecular weight excluding hydrogens is 268 g/mol. The number of thiazole rings is 1. The Morgan fingerprint density at radius 3 is 2.75 bits per heavy atom. The van der Waals surface area contributed by atoms with Crippen LogP contribution in [0.1, 0.15) is 43.4 Å². The van der Waals surface area contributed by atoms with E-state index in [9.17, 15) is 4.79 Å². The summed E-state index contributed by atoms with van der Waals surface area (Å²) in [5, 5.41) is 6.10. The van der Waals surface area contributed by atoms with Crippen LogP contribution in [-0.4, -0.2) is 11.3 Å². The van der Waals surface area contributed by atoms with Crippen LogP contribution in [0.4, 0.5) is 10.8 Å². The Morgan fingerprint density at radius 1 is 1.35 bits per heavy atom. The minimum Gasteiger partial charge on any atom is -0.332 e. The molecule has 0 aliphatic carbocycles. The summed E-state index contributed by atoms with van der Waals surface area (Å²) in [7, 11) is 0. The van der Waals surface area contributed by atoms with E-state index in [-0.39, 0.29) is 5.92 Å². The van der Waals surface area contributed by atoms with Crippen molar-refractivity contribution in [1.29, 1.82) is 0 Å². The number of rotatable bonds is 7. The summed E-state index contributed by atoms with van der Waals surface area (Å²) < 4.78 is 0. The third-order valence-electron chi connectivity index (χ3n) is 3.24. The molecule has 0 spiro atoms. The predicted octanol–water partition coefficient (Wildman–Crippen LogP) is 4.67. The highest BCUT2D eigenvalue weighted by molar-refractivity contribution is 7.13. The molecule has 0 saturated heterocycles. The number of carbonyl (C=O) groups excluding carboxylic acids is 1. The molecule has 20 heavy (non-hydrogen) atoms. The Balaban J connectivity index is 2.04. The molecule has 1 aromatic carbocycles. The molecule has 3 nitrogen and oxygen atoms in total. The summed E-state index contributed by atoms with van der Waals surface area (Å²) in [4.78, 5) is 15.7. The van der Waals surface area contributed by atoms with E-state index in [1.807, 2.05) is 17.5 Å². The lowest BCUT2D eigenvalue weighted by atomic mass is 10.0. The number of carbonyl (C=O) groups is 1. The normalized spacial score (nSPS) is 12.1. The number of benzene rings is 1. The smallest absolute Gasteiger partial charge is 0.187 e. The van der Waals surface area contributed by atoms with Gasteiger partial charge < -0.3 is 10.1 Å². The van der Waals surface area contributed by atoms with Gasteiger partial charge in [-0.05, 0) is 25.5 Å². The van der Waals surface area contributed by atoms with E-state index in [2.05, 4.69) is 36.3 Å². The number of nitrogens with one attached hydrogen (secondary N) is 1. The lowest BCUT2D eigenvalue weighted by Crippen LogP contribution is -2.01. The standard InChI is InChI=1S/C16H20N2OS/c1-3-4-5-13(10-19)15-11-20-16(18-15)17-14-8-6-12(2)7-9-14/h6-11,13H,3-5H2,1-2H3,(H,17,18). The first-order valence-corrected chi connectivity index (χ1v) is 7.85. The molecule has 0 saturated carbocycles. The maximum absolute atomic E-state index is 11.2. The van der Waals surface area contributed by atoms with Gasteiger partial charge in [-0.2, -0.15) is 0 Å². The molecule has 1 unspecified atom stereocenters. The molecule has 0 fully saturated rings. The third-order valence-corrected chi connectivity index (χ3v) is 4.01. The Morgan fingerprint density at radius 2 is 2.10 bits per heavy atom. The average molecular weight is 288 g/mol. The molecule has 0 radical (unpaired) electrons. The van der Waals surface area contributed by atoms with Gasteiger partial charge in [0, 0.05) is 11.1 Å². The van der Waals surface area contributed by atoms with Crippen molar-refractivity contribution in [1.82, 2.24) is 4.98 Å². The summed E-state index contributed by atoms with van der Waals surface area (Å²) in [6, 6.07) is 8.19. The molecule has 1 heterocycles. The molecule has 0 bridgehead atoms. The summed E-state index contributed by atoms with van der Waals surface area (Å²) >= 11 is 1.54. The van der Waals surface area contributed by atoms with Gasteiger partial charge >= 0.3 is 0 Å². The highest BCUT2D eigenvalue weighted by atomic mass is 32.1. The highest BCUT2D eigenvalue weighted by Crippen LogP contribution is 2.26. The number of hydrogen-bond donors (Lipinski definition) is 1. The highest BCUT2D eigenvalue weighted by Gasteiger charge is 2.13. The van der Waals surface area contributed by atoms with Gasteiger partial charge in [0.15, 0.2) is 5.13 Å². The Hall–Kier alpha value is -1.68.